The first-order valence-electron chi connectivity index (χ1n) is 15.7. The molecule has 16 heteroatoms. The molecule has 12 nitrogen and oxygen atoms in total. The van der Waals surface area contributed by atoms with E-state index >= 15 is 0 Å². The number of aromatic amines is 1. The number of nitrogens with one attached hydrogen (secondary N) is 2. The van der Waals surface area contributed by atoms with E-state index in [1.54, 1.807) is 42.1 Å². The summed E-state index contributed by atoms with van der Waals surface area (Å²) in [4.78, 5) is 58.2. The van der Waals surface area contributed by atoms with Crippen molar-refractivity contribution < 1.29 is 32.3 Å². The Morgan fingerprint density at radius 3 is 2.38 bits per heavy atom. The van der Waals surface area contributed by atoms with E-state index in [0.717, 1.165) is 33.2 Å². The lowest BCUT2D eigenvalue weighted by Gasteiger charge is -2.43. The standard InChI is InChI=1S/C34H29ClN4O8S3/c1-46-23-12-15(2-11-22(23)47-14-24(40)37-17-5-9-19(10-6-17)50(36,44)45)25-26-20-13-21(29(26)48-31-30(25)49-34(43)38-31)28-27(20)32(41)39(33(28)42)18-7-3-16(35)4-8-18/h2-12,20-21,25-29H,13-14H2,1H3,(H,37,40)(H,38,43)(H2,36,44,45)/t20-,21-,25+,26-,27+,28+,29-/m1/s1. The van der Waals surface area contributed by atoms with Crippen molar-refractivity contribution in [2.24, 2.45) is 34.7 Å². The molecule has 50 heavy (non-hydrogen) atoms. The molecule has 2 aliphatic carbocycles. The van der Waals surface area contributed by atoms with Crippen molar-refractivity contribution in [2.75, 3.05) is 23.9 Å². The molecular formula is C34H29ClN4O8S3. The molecule has 1 saturated heterocycles. The molecule has 2 saturated carbocycles. The molecule has 7 atom stereocenters. The number of primary sulfonamides is 1. The maximum absolute atomic E-state index is 14.0. The topological polar surface area (TPSA) is 178 Å². The molecule has 3 heterocycles. The number of anilines is 2. The van der Waals surface area contributed by atoms with Crippen LogP contribution in [-0.2, 0) is 24.4 Å². The van der Waals surface area contributed by atoms with E-state index in [1.807, 2.05) is 12.1 Å². The molecule has 1 aromatic heterocycles. The summed E-state index contributed by atoms with van der Waals surface area (Å²) in [6.45, 7) is -0.353. The van der Waals surface area contributed by atoms with Crippen molar-refractivity contribution in [1.29, 1.82) is 0 Å². The fraction of sp³-hybridized carbons (Fsp3) is 0.294. The lowest BCUT2D eigenvalue weighted by molar-refractivity contribution is -0.123. The second-order valence-electron chi connectivity index (χ2n) is 12.8. The number of rotatable bonds is 8. The molecule has 3 amide bonds. The Hall–Kier alpha value is -4.15. The van der Waals surface area contributed by atoms with Crippen LogP contribution in [0.3, 0.4) is 0 Å². The number of benzene rings is 3. The average molecular weight is 753 g/mol. The molecule has 0 spiro atoms. The van der Waals surface area contributed by atoms with Crippen molar-refractivity contribution in [1.82, 2.24) is 4.98 Å². The highest BCUT2D eigenvalue weighted by atomic mass is 35.5. The molecule has 0 radical (unpaired) electrons. The van der Waals surface area contributed by atoms with E-state index in [4.69, 9.17) is 26.2 Å². The van der Waals surface area contributed by atoms with Gasteiger partial charge in [-0.05, 0) is 90.4 Å². The van der Waals surface area contributed by atoms with Gasteiger partial charge < -0.3 is 19.8 Å². The van der Waals surface area contributed by atoms with Crippen molar-refractivity contribution in [3.63, 3.8) is 0 Å². The van der Waals surface area contributed by atoms with Gasteiger partial charge in [-0.1, -0.05) is 29.0 Å². The third-order valence-corrected chi connectivity index (χ3v) is 14.0. The van der Waals surface area contributed by atoms with E-state index in [0.29, 0.717) is 27.9 Å². The second-order valence-corrected chi connectivity index (χ2v) is 17.0. The highest BCUT2D eigenvalue weighted by molar-refractivity contribution is 8.00. The number of sulfonamides is 1. The minimum atomic E-state index is -3.86. The number of aromatic nitrogens is 1. The number of thioether (sulfide) groups is 1. The van der Waals surface area contributed by atoms with E-state index < -0.39 is 27.8 Å². The SMILES string of the molecule is COc1cc([C@@H]2c3sc(=O)[nH]c3S[C@@H]3[C@@H]4C[C@@H]([C@@H]5C(=O)N(c6ccc(Cl)cc6)C(=O)[C@@H]45)[C@H]23)ccc1OCC(=O)Nc1ccc(S(N)(=O)=O)cc1. The maximum Gasteiger partial charge on any atom is 0.305 e. The zero-order valence-corrected chi connectivity index (χ0v) is 29.4. The molecule has 8 rings (SSSR count). The summed E-state index contributed by atoms with van der Waals surface area (Å²) in [5.41, 5.74) is 1.75. The summed E-state index contributed by atoms with van der Waals surface area (Å²) in [5, 5.41) is 9.10. The average Bonchev–Trinajstić information content (AvgIpc) is 3.83. The number of ether oxygens (including phenoxy) is 2. The number of amides is 3. The number of hydrogen-bond donors (Lipinski definition) is 3. The van der Waals surface area contributed by atoms with Crippen LogP contribution < -0.4 is 29.7 Å². The Labute approximate surface area is 299 Å². The number of carbonyl (C=O) groups is 3. The summed E-state index contributed by atoms with van der Waals surface area (Å²) in [7, 11) is -2.37. The third kappa shape index (κ3) is 5.42. The number of hydrogen-bond acceptors (Lipinski definition) is 10. The van der Waals surface area contributed by atoms with E-state index in [2.05, 4.69) is 10.3 Å². The van der Waals surface area contributed by atoms with Crippen LogP contribution in [0.1, 0.15) is 22.8 Å². The monoisotopic (exact) mass is 752 g/mol. The fourth-order valence-corrected chi connectivity index (χ4v) is 11.8. The first-order chi connectivity index (χ1) is 23.9. The Balaban J connectivity index is 1.06. The van der Waals surface area contributed by atoms with Gasteiger partial charge in [-0.15, -0.1) is 11.8 Å². The smallest absolute Gasteiger partial charge is 0.305 e. The van der Waals surface area contributed by atoms with Crippen LogP contribution in [0.2, 0.25) is 5.02 Å². The zero-order valence-electron chi connectivity index (χ0n) is 26.2. The summed E-state index contributed by atoms with van der Waals surface area (Å²) >= 11 is 8.85. The van der Waals surface area contributed by atoms with Gasteiger partial charge in [0.15, 0.2) is 18.1 Å². The van der Waals surface area contributed by atoms with Crippen molar-refractivity contribution in [3.05, 3.63) is 91.9 Å². The number of halogens is 1. The number of methoxy groups -OCH3 is 1. The fourth-order valence-electron chi connectivity index (χ4n) is 8.30. The van der Waals surface area contributed by atoms with Crippen molar-refractivity contribution in [3.8, 4) is 11.5 Å². The summed E-state index contributed by atoms with van der Waals surface area (Å²) in [6.07, 6.45) is 0.748. The van der Waals surface area contributed by atoms with Gasteiger partial charge in [0.25, 0.3) is 5.91 Å². The molecule has 258 valence electrons. The number of nitrogens with two attached hydrogens (primary N) is 1. The number of fused-ring (bicyclic) bond motifs is 9. The number of carbonyl (C=O) groups excluding carboxylic acids is 3. The molecule has 3 fully saturated rings. The van der Waals surface area contributed by atoms with Gasteiger partial charge in [-0.2, -0.15) is 0 Å². The van der Waals surface area contributed by atoms with Crippen LogP contribution in [0.25, 0.3) is 0 Å². The quantitative estimate of drug-likeness (QED) is 0.220. The van der Waals surface area contributed by atoms with E-state index in [1.165, 1.54) is 36.3 Å². The van der Waals surface area contributed by atoms with Crippen LogP contribution in [0.5, 0.6) is 11.5 Å². The number of H-pyrrole nitrogens is 1. The molecule has 4 aliphatic rings. The largest absolute Gasteiger partial charge is 0.493 e. The molecule has 2 bridgehead atoms. The van der Waals surface area contributed by atoms with E-state index in [-0.39, 0.29) is 57.1 Å². The highest BCUT2D eigenvalue weighted by Gasteiger charge is 2.69. The minimum absolute atomic E-state index is 0.00978. The first kappa shape index (κ1) is 33.0. The first-order valence-corrected chi connectivity index (χ1v) is 19.3. The van der Waals surface area contributed by atoms with Gasteiger partial charge in [0.1, 0.15) is 0 Å². The van der Waals surface area contributed by atoms with Crippen LogP contribution in [0.4, 0.5) is 11.4 Å². The molecule has 4 aromatic rings. The summed E-state index contributed by atoms with van der Waals surface area (Å²) in [6, 6.07) is 17.6. The van der Waals surface area contributed by atoms with Crippen LogP contribution in [0.15, 0.2) is 81.4 Å². The Kier molecular flexibility index (Phi) is 8.10. The Bertz CT molecular complexity index is 2220. The van der Waals surface area contributed by atoms with Crippen molar-refractivity contribution >= 4 is 73.8 Å². The van der Waals surface area contributed by atoms with Gasteiger partial charge in [-0.25, -0.2) is 13.6 Å². The van der Waals surface area contributed by atoms with Crippen LogP contribution >= 0.6 is 34.7 Å². The third-order valence-electron chi connectivity index (χ3n) is 10.2. The van der Waals surface area contributed by atoms with Gasteiger partial charge in [-0.3, -0.25) is 24.1 Å². The van der Waals surface area contributed by atoms with Crippen molar-refractivity contribution in [2.45, 2.75) is 27.5 Å². The molecule has 0 unspecified atom stereocenters. The number of thiazole rings is 1. The molecule has 2 aliphatic heterocycles. The summed E-state index contributed by atoms with van der Waals surface area (Å²) in [5.74, 6) is -1.39. The maximum atomic E-state index is 14.0. The number of nitrogens with zero attached hydrogens (tertiary/aromatic N) is 1. The minimum Gasteiger partial charge on any atom is -0.493 e. The van der Waals surface area contributed by atoms with Crippen LogP contribution in [0, 0.1) is 29.6 Å². The molecule has 3 aromatic carbocycles. The normalized spacial score (nSPS) is 26.4. The zero-order chi connectivity index (χ0) is 35.1. The second kappa shape index (κ2) is 12.3. The lowest BCUT2D eigenvalue weighted by atomic mass is 9.68. The molecular weight excluding hydrogens is 724 g/mol. The predicted octanol–water partition coefficient (Wildman–Crippen LogP) is 4.44. The van der Waals surface area contributed by atoms with Gasteiger partial charge in [0.2, 0.25) is 21.8 Å². The predicted molar refractivity (Wildman–Crippen MR) is 187 cm³/mol. The Morgan fingerprint density at radius 1 is 1.00 bits per heavy atom. The summed E-state index contributed by atoms with van der Waals surface area (Å²) < 4.78 is 34.5. The Morgan fingerprint density at radius 2 is 1.70 bits per heavy atom. The highest BCUT2D eigenvalue weighted by Crippen LogP contribution is 2.68. The van der Waals surface area contributed by atoms with Gasteiger partial charge in [0.05, 0.1) is 34.6 Å². The molecule has 4 N–H and O–H groups in total. The van der Waals surface area contributed by atoms with E-state index in [9.17, 15) is 27.6 Å². The van der Waals surface area contributed by atoms with Crippen LogP contribution in [-0.4, -0.2) is 50.1 Å². The van der Waals surface area contributed by atoms with Gasteiger partial charge in [0, 0.05) is 26.8 Å². The lowest BCUT2D eigenvalue weighted by Crippen LogP contribution is -2.42. The van der Waals surface area contributed by atoms with Gasteiger partial charge >= 0.3 is 4.87 Å². The number of imide groups is 1.